The molecule has 29 heavy (non-hydrogen) atoms. The predicted octanol–water partition coefficient (Wildman–Crippen LogP) is 6.77. The first-order chi connectivity index (χ1) is 13.9. The van der Waals surface area contributed by atoms with E-state index in [-0.39, 0.29) is 5.91 Å². The van der Waals surface area contributed by atoms with Crippen molar-refractivity contribution in [3.8, 4) is 5.75 Å². The lowest BCUT2D eigenvalue weighted by atomic mass is 10.0. The van der Waals surface area contributed by atoms with E-state index < -0.39 is 5.60 Å². The standard InChI is InChI=1S/C24H23Cl2NO2/c1-3-24(2,23(28)27-21-12-10-20(26)11-13-21)29-22-14-6-18(7-15-22)16-17-4-8-19(25)9-5-17/h4-15H,3,16H2,1-2H3,(H,27,28)/t24-/m0/s1. The average Bonchev–Trinajstić information content (AvgIpc) is 2.72. The maximum atomic E-state index is 12.8. The summed E-state index contributed by atoms with van der Waals surface area (Å²) in [5.74, 6) is 0.452. The van der Waals surface area contributed by atoms with Gasteiger partial charge >= 0.3 is 0 Å². The molecule has 0 aliphatic carbocycles. The predicted molar refractivity (Wildman–Crippen MR) is 120 cm³/mol. The zero-order valence-electron chi connectivity index (χ0n) is 16.4. The molecule has 0 aromatic heterocycles. The summed E-state index contributed by atoms with van der Waals surface area (Å²) in [7, 11) is 0. The number of anilines is 1. The molecule has 0 aliphatic heterocycles. The molecule has 1 N–H and O–H groups in total. The molecule has 3 nitrogen and oxygen atoms in total. The van der Waals surface area contributed by atoms with Gasteiger partial charge in [-0.15, -0.1) is 0 Å². The zero-order chi connectivity index (χ0) is 20.9. The molecule has 0 radical (unpaired) electrons. The first-order valence-corrected chi connectivity index (χ1v) is 10.2. The van der Waals surface area contributed by atoms with E-state index in [9.17, 15) is 4.79 Å². The Hall–Kier alpha value is -2.49. The first kappa shape index (κ1) is 21.2. The van der Waals surface area contributed by atoms with Crippen LogP contribution in [-0.4, -0.2) is 11.5 Å². The molecule has 150 valence electrons. The molecule has 0 heterocycles. The molecule has 0 unspecified atom stereocenters. The van der Waals surface area contributed by atoms with Crippen LogP contribution in [0.2, 0.25) is 10.0 Å². The summed E-state index contributed by atoms with van der Waals surface area (Å²) >= 11 is 11.8. The smallest absolute Gasteiger partial charge is 0.268 e. The second-order valence-electron chi connectivity index (χ2n) is 7.09. The molecule has 0 aliphatic rings. The Kier molecular flexibility index (Phi) is 6.83. The Bertz CT molecular complexity index is 954. The fourth-order valence-corrected chi connectivity index (χ4v) is 3.10. The monoisotopic (exact) mass is 427 g/mol. The molecule has 1 amide bonds. The summed E-state index contributed by atoms with van der Waals surface area (Å²) in [5.41, 5.74) is 2.03. The van der Waals surface area contributed by atoms with E-state index in [0.717, 1.165) is 17.0 Å². The van der Waals surface area contributed by atoms with Crippen LogP contribution in [0.3, 0.4) is 0 Å². The van der Waals surface area contributed by atoms with Crippen molar-refractivity contribution in [1.82, 2.24) is 0 Å². The van der Waals surface area contributed by atoms with E-state index in [1.165, 1.54) is 5.56 Å². The summed E-state index contributed by atoms with van der Waals surface area (Å²) in [6.45, 7) is 3.72. The highest BCUT2D eigenvalue weighted by Gasteiger charge is 2.33. The van der Waals surface area contributed by atoms with Crippen molar-refractivity contribution in [2.24, 2.45) is 0 Å². The minimum Gasteiger partial charge on any atom is -0.478 e. The molecule has 0 bridgehead atoms. The molecule has 0 fully saturated rings. The lowest BCUT2D eigenvalue weighted by Gasteiger charge is -2.28. The van der Waals surface area contributed by atoms with E-state index in [1.54, 1.807) is 31.2 Å². The number of hydrogen-bond donors (Lipinski definition) is 1. The molecule has 0 saturated heterocycles. The highest BCUT2D eigenvalue weighted by molar-refractivity contribution is 6.30. The van der Waals surface area contributed by atoms with Crippen LogP contribution < -0.4 is 10.1 Å². The van der Waals surface area contributed by atoms with E-state index in [1.807, 2.05) is 55.5 Å². The molecule has 3 aromatic carbocycles. The van der Waals surface area contributed by atoms with Crippen molar-refractivity contribution in [1.29, 1.82) is 0 Å². The van der Waals surface area contributed by atoms with Gasteiger partial charge in [-0.25, -0.2) is 0 Å². The lowest BCUT2D eigenvalue weighted by Crippen LogP contribution is -2.44. The number of ether oxygens (including phenoxy) is 1. The Labute approximate surface area is 181 Å². The van der Waals surface area contributed by atoms with Gasteiger partial charge in [0.25, 0.3) is 5.91 Å². The van der Waals surface area contributed by atoms with E-state index in [0.29, 0.717) is 22.9 Å². The van der Waals surface area contributed by atoms with Crippen molar-refractivity contribution in [2.75, 3.05) is 5.32 Å². The average molecular weight is 428 g/mol. The van der Waals surface area contributed by atoms with Gasteiger partial charge in [0.15, 0.2) is 5.60 Å². The van der Waals surface area contributed by atoms with Gasteiger partial charge in [0.1, 0.15) is 5.75 Å². The normalized spacial score (nSPS) is 12.8. The number of hydrogen-bond acceptors (Lipinski definition) is 2. The van der Waals surface area contributed by atoms with Crippen molar-refractivity contribution >= 4 is 34.8 Å². The Balaban J connectivity index is 1.66. The van der Waals surface area contributed by atoms with Crippen molar-refractivity contribution in [3.63, 3.8) is 0 Å². The van der Waals surface area contributed by atoms with Gasteiger partial charge in [-0.1, -0.05) is 54.4 Å². The molecule has 5 heteroatoms. The highest BCUT2D eigenvalue weighted by Crippen LogP contribution is 2.25. The van der Waals surface area contributed by atoms with Gasteiger partial charge in [0.2, 0.25) is 0 Å². The molecule has 3 rings (SSSR count). The quantitative estimate of drug-likeness (QED) is 0.451. The van der Waals surface area contributed by atoms with Gasteiger partial charge in [-0.05, 0) is 79.4 Å². The second-order valence-corrected chi connectivity index (χ2v) is 7.97. The van der Waals surface area contributed by atoms with Crippen LogP contribution in [0, 0.1) is 0 Å². The second kappa shape index (κ2) is 9.34. The minimum atomic E-state index is -0.989. The number of halogens is 2. The number of amides is 1. The number of nitrogens with one attached hydrogen (secondary N) is 1. The molecular weight excluding hydrogens is 405 g/mol. The van der Waals surface area contributed by atoms with Crippen molar-refractivity contribution < 1.29 is 9.53 Å². The van der Waals surface area contributed by atoms with Crippen LogP contribution >= 0.6 is 23.2 Å². The van der Waals surface area contributed by atoms with Crippen LogP contribution in [0.15, 0.2) is 72.8 Å². The lowest BCUT2D eigenvalue weighted by molar-refractivity contribution is -0.130. The summed E-state index contributed by atoms with van der Waals surface area (Å²) < 4.78 is 6.07. The van der Waals surface area contributed by atoms with Crippen molar-refractivity contribution in [2.45, 2.75) is 32.3 Å². The summed E-state index contributed by atoms with van der Waals surface area (Å²) in [6, 6.07) is 22.6. The van der Waals surface area contributed by atoms with Crippen LogP contribution in [0.5, 0.6) is 5.75 Å². The molecule has 3 aromatic rings. The van der Waals surface area contributed by atoms with E-state index in [2.05, 4.69) is 5.32 Å². The maximum absolute atomic E-state index is 12.8. The Morgan fingerprint density at radius 3 is 1.86 bits per heavy atom. The number of carbonyl (C=O) groups is 1. The summed E-state index contributed by atoms with van der Waals surface area (Å²) in [6.07, 6.45) is 1.33. The van der Waals surface area contributed by atoms with E-state index >= 15 is 0 Å². The van der Waals surface area contributed by atoms with Gasteiger partial charge in [0.05, 0.1) is 0 Å². The molecule has 0 saturated carbocycles. The van der Waals surface area contributed by atoms with Crippen LogP contribution in [0.1, 0.15) is 31.4 Å². The third-order valence-corrected chi connectivity index (χ3v) is 5.35. The zero-order valence-corrected chi connectivity index (χ0v) is 17.9. The number of benzene rings is 3. The fourth-order valence-electron chi connectivity index (χ4n) is 2.85. The van der Waals surface area contributed by atoms with Crippen LogP contribution in [0.25, 0.3) is 0 Å². The molecule has 1 atom stereocenters. The Morgan fingerprint density at radius 1 is 0.862 bits per heavy atom. The van der Waals surface area contributed by atoms with Gasteiger partial charge in [-0.2, -0.15) is 0 Å². The third kappa shape index (κ3) is 5.75. The SMILES string of the molecule is CC[C@](C)(Oc1ccc(Cc2ccc(Cl)cc2)cc1)C(=O)Nc1ccc(Cl)cc1. The topological polar surface area (TPSA) is 38.3 Å². The van der Waals surface area contributed by atoms with Gasteiger partial charge in [0, 0.05) is 15.7 Å². The minimum absolute atomic E-state index is 0.201. The number of rotatable bonds is 7. The third-order valence-electron chi connectivity index (χ3n) is 4.85. The molecular formula is C24H23Cl2NO2. The fraction of sp³-hybridized carbons (Fsp3) is 0.208. The van der Waals surface area contributed by atoms with E-state index in [4.69, 9.17) is 27.9 Å². The van der Waals surface area contributed by atoms with Crippen LogP contribution in [0.4, 0.5) is 5.69 Å². The number of carbonyl (C=O) groups excluding carboxylic acids is 1. The first-order valence-electron chi connectivity index (χ1n) is 9.47. The largest absolute Gasteiger partial charge is 0.478 e. The van der Waals surface area contributed by atoms with Crippen molar-refractivity contribution in [3.05, 3.63) is 94.0 Å². The van der Waals surface area contributed by atoms with Gasteiger partial charge in [-0.3, -0.25) is 4.79 Å². The Morgan fingerprint density at radius 2 is 1.34 bits per heavy atom. The van der Waals surface area contributed by atoms with Gasteiger partial charge < -0.3 is 10.1 Å². The highest BCUT2D eigenvalue weighted by atomic mass is 35.5. The molecule has 0 spiro atoms. The van der Waals surface area contributed by atoms with Crippen LogP contribution in [-0.2, 0) is 11.2 Å². The summed E-state index contributed by atoms with van der Waals surface area (Å²) in [4.78, 5) is 12.8. The maximum Gasteiger partial charge on any atom is 0.268 e. The summed E-state index contributed by atoms with van der Waals surface area (Å²) in [5, 5.41) is 4.25.